The van der Waals surface area contributed by atoms with Crippen LogP contribution in [0.15, 0.2) is 77.6 Å². The van der Waals surface area contributed by atoms with E-state index in [0.717, 1.165) is 11.3 Å². The molecule has 4 N–H and O–H groups in total. The van der Waals surface area contributed by atoms with Crippen LogP contribution in [-0.2, 0) is 6.54 Å². The number of benzene rings is 3. The number of nitrogens with two attached hydrogens (primary N) is 1. The van der Waals surface area contributed by atoms with Crippen LogP contribution >= 0.6 is 0 Å². The molecule has 0 atom stereocenters. The van der Waals surface area contributed by atoms with Gasteiger partial charge in [0.25, 0.3) is 0 Å². The molecule has 8 nitrogen and oxygen atoms in total. The van der Waals surface area contributed by atoms with E-state index in [2.05, 4.69) is 15.4 Å². The molecule has 0 aliphatic heterocycles. The van der Waals surface area contributed by atoms with Crippen molar-refractivity contribution >= 4 is 28.2 Å². The summed E-state index contributed by atoms with van der Waals surface area (Å²) in [4.78, 5) is 17.7. The smallest absolute Gasteiger partial charge is 0.355 e. The second-order valence-corrected chi connectivity index (χ2v) is 6.88. The summed E-state index contributed by atoms with van der Waals surface area (Å²) in [5.74, 6) is 0.372. The Balaban J connectivity index is 1.65. The largest absolute Gasteiger partial charge is 0.508 e. The van der Waals surface area contributed by atoms with Crippen molar-refractivity contribution in [2.75, 3.05) is 11.1 Å². The number of phenols is 1. The van der Waals surface area contributed by atoms with Crippen molar-refractivity contribution in [2.45, 2.75) is 6.54 Å². The van der Waals surface area contributed by atoms with Crippen LogP contribution in [0.25, 0.3) is 22.4 Å². The van der Waals surface area contributed by atoms with Gasteiger partial charge in [-0.3, -0.25) is 0 Å². The van der Waals surface area contributed by atoms with Crippen molar-refractivity contribution < 1.29 is 5.11 Å². The Morgan fingerprint density at radius 1 is 1.00 bits per heavy atom. The van der Waals surface area contributed by atoms with E-state index < -0.39 is 0 Å². The van der Waals surface area contributed by atoms with Crippen LogP contribution in [0.4, 0.5) is 11.5 Å². The summed E-state index contributed by atoms with van der Waals surface area (Å²) in [6.45, 7) is 0.477. The number of anilines is 2. The average molecular weight is 398 g/mol. The van der Waals surface area contributed by atoms with E-state index in [-0.39, 0.29) is 17.3 Å². The fourth-order valence-electron chi connectivity index (χ4n) is 3.49. The van der Waals surface area contributed by atoms with Gasteiger partial charge < -0.3 is 16.2 Å². The van der Waals surface area contributed by atoms with Gasteiger partial charge in [-0.05, 0) is 42.0 Å². The highest BCUT2D eigenvalue weighted by Crippen LogP contribution is 2.25. The van der Waals surface area contributed by atoms with Gasteiger partial charge in [-0.1, -0.05) is 36.4 Å². The molecule has 0 amide bonds. The molecular formula is C22H18N6O2. The monoisotopic (exact) mass is 398 g/mol. The second kappa shape index (κ2) is 6.93. The van der Waals surface area contributed by atoms with Gasteiger partial charge in [-0.15, -0.1) is 5.10 Å². The molecule has 30 heavy (non-hydrogen) atoms. The molecule has 2 heterocycles. The lowest BCUT2D eigenvalue weighted by Gasteiger charge is -2.11. The van der Waals surface area contributed by atoms with Crippen LogP contribution in [0.1, 0.15) is 5.56 Å². The van der Waals surface area contributed by atoms with Crippen molar-refractivity contribution in [2.24, 2.45) is 0 Å². The molecule has 5 rings (SSSR count). The Morgan fingerprint density at radius 2 is 1.80 bits per heavy atom. The zero-order valence-corrected chi connectivity index (χ0v) is 15.9. The third kappa shape index (κ3) is 2.91. The second-order valence-electron chi connectivity index (χ2n) is 6.88. The Bertz CT molecular complexity index is 1440. The van der Waals surface area contributed by atoms with Crippen LogP contribution in [0.2, 0.25) is 0 Å². The minimum atomic E-state index is -0.319. The standard InChI is InChI=1S/C22H18N6O2/c23-20-21-26-28(15-7-2-1-3-8-15)22(30)27(21)18-11-5-10-17(19(18)25-20)24-13-14-6-4-9-16(29)12-14/h1-12,24,29H,13H2,(H2,23,25). The summed E-state index contributed by atoms with van der Waals surface area (Å²) in [5, 5.41) is 17.4. The van der Waals surface area contributed by atoms with E-state index in [0.29, 0.717) is 28.9 Å². The Kier molecular flexibility index (Phi) is 4.10. The predicted molar refractivity (Wildman–Crippen MR) is 116 cm³/mol. The van der Waals surface area contributed by atoms with Gasteiger partial charge in [-0.2, -0.15) is 4.68 Å². The SMILES string of the molecule is Nc1nc2c(NCc3cccc(O)c3)cccc2n2c(=O)n(-c3ccccc3)nc12. The number of nitrogen functional groups attached to an aromatic ring is 1. The number of hydrogen-bond acceptors (Lipinski definition) is 6. The minimum Gasteiger partial charge on any atom is -0.508 e. The molecule has 2 aromatic heterocycles. The van der Waals surface area contributed by atoms with Crippen LogP contribution in [0.5, 0.6) is 5.75 Å². The zero-order chi connectivity index (χ0) is 20.7. The number of rotatable bonds is 4. The van der Waals surface area contributed by atoms with E-state index in [1.165, 1.54) is 9.08 Å². The first-order valence-electron chi connectivity index (χ1n) is 9.39. The van der Waals surface area contributed by atoms with E-state index in [1.807, 2.05) is 54.6 Å². The molecule has 0 aliphatic carbocycles. The third-order valence-corrected chi connectivity index (χ3v) is 4.89. The highest BCUT2D eigenvalue weighted by molar-refractivity contribution is 5.91. The molecule has 0 bridgehead atoms. The first kappa shape index (κ1) is 17.7. The van der Waals surface area contributed by atoms with Gasteiger partial charge in [0, 0.05) is 6.54 Å². The Hall–Kier alpha value is -4.33. The van der Waals surface area contributed by atoms with Gasteiger partial charge in [-0.25, -0.2) is 14.2 Å². The normalized spacial score (nSPS) is 11.2. The Labute approximate surface area is 170 Å². The quantitative estimate of drug-likeness (QED) is 0.429. The van der Waals surface area contributed by atoms with Gasteiger partial charge >= 0.3 is 5.69 Å². The maximum Gasteiger partial charge on any atom is 0.355 e. The van der Waals surface area contributed by atoms with Crippen LogP contribution in [0, 0.1) is 0 Å². The molecule has 0 saturated heterocycles. The fraction of sp³-hybridized carbons (Fsp3) is 0.0455. The van der Waals surface area contributed by atoms with Gasteiger partial charge in [0.05, 0.1) is 16.9 Å². The van der Waals surface area contributed by atoms with Crippen molar-refractivity contribution in [1.29, 1.82) is 0 Å². The molecule has 8 heteroatoms. The number of hydrogen-bond donors (Lipinski definition) is 3. The summed E-state index contributed by atoms with van der Waals surface area (Å²) < 4.78 is 2.80. The molecule has 0 spiro atoms. The number of phenolic OH excluding ortho intramolecular Hbond substituents is 1. The lowest BCUT2D eigenvalue weighted by molar-refractivity contribution is 0.474. The van der Waals surface area contributed by atoms with E-state index in [4.69, 9.17) is 5.73 Å². The van der Waals surface area contributed by atoms with Crippen molar-refractivity contribution in [3.8, 4) is 11.4 Å². The maximum absolute atomic E-state index is 13.2. The van der Waals surface area contributed by atoms with Crippen molar-refractivity contribution in [3.05, 3.63) is 88.8 Å². The molecule has 3 aromatic carbocycles. The number of nitrogens with one attached hydrogen (secondary N) is 1. The predicted octanol–water partition coefficient (Wildman–Crippen LogP) is 2.93. The summed E-state index contributed by atoms with van der Waals surface area (Å²) in [6.07, 6.45) is 0. The molecule has 148 valence electrons. The highest BCUT2D eigenvalue weighted by atomic mass is 16.3. The van der Waals surface area contributed by atoms with Gasteiger partial charge in [0.15, 0.2) is 5.82 Å². The summed E-state index contributed by atoms with van der Waals surface area (Å²) in [7, 11) is 0. The first-order valence-corrected chi connectivity index (χ1v) is 9.39. The maximum atomic E-state index is 13.2. The third-order valence-electron chi connectivity index (χ3n) is 4.89. The summed E-state index contributed by atoms with van der Waals surface area (Å²) in [5.41, 5.74) is 9.62. The van der Waals surface area contributed by atoms with E-state index in [1.54, 1.807) is 18.2 Å². The van der Waals surface area contributed by atoms with Crippen LogP contribution in [-0.4, -0.2) is 24.3 Å². The summed E-state index contributed by atoms with van der Waals surface area (Å²) >= 11 is 0. The molecule has 0 unspecified atom stereocenters. The first-order chi connectivity index (χ1) is 14.6. The molecule has 0 fully saturated rings. The van der Waals surface area contributed by atoms with Crippen LogP contribution in [0.3, 0.4) is 0 Å². The zero-order valence-electron chi connectivity index (χ0n) is 15.9. The van der Waals surface area contributed by atoms with E-state index in [9.17, 15) is 9.90 Å². The number of nitrogens with zero attached hydrogens (tertiary/aromatic N) is 4. The number of fused-ring (bicyclic) bond motifs is 3. The lowest BCUT2D eigenvalue weighted by Crippen LogP contribution is -2.20. The van der Waals surface area contributed by atoms with Crippen molar-refractivity contribution in [3.63, 3.8) is 0 Å². The van der Waals surface area contributed by atoms with Gasteiger partial charge in [0.1, 0.15) is 11.3 Å². The highest BCUT2D eigenvalue weighted by Gasteiger charge is 2.17. The van der Waals surface area contributed by atoms with Crippen molar-refractivity contribution in [1.82, 2.24) is 19.2 Å². The number of aromatic hydroxyl groups is 1. The summed E-state index contributed by atoms with van der Waals surface area (Å²) in [6, 6.07) is 21.7. The minimum absolute atomic E-state index is 0.167. The Morgan fingerprint density at radius 3 is 2.60 bits per heavy atom. The molecule has 0 radical (unpaired) electrons. The van der Waals surface area contributed by atoms with Crippen LogP contribution < -0.4 is 16.7 Å². The van der Waals surface area contributed by atoms with Gasteiger partial charge in [0.2, 0.25) is 5.65 Å². The molecular weight excluding hydrogens is 380 g/mol. The van der Waals surface area contributed by atoms with E-state index >= 15 is 0 Å². The number of aromatic nitrogens is 4. The topological polar surface area (TPSA) is 110 Å². The number of para-hydroxylation sites is 2. The lowest BCUT2D eigenvalue weighted by atomic mass is 10.2. The molecule has 0 aliphatic rings. The molecule has 5 aromatic rings. The molecule has 0 saturated carbocycles. The average Bonchev–Trinajstić information content (AvgIpc) is 3.11. The fourth-order valence-corrected chi connectivity index (χ4v) is 3.49.